The van der Waals surface area contributed by atoms with Crippen LogP contribution in [-0.4, -0.2) is 18.4 Å². The van der Waals surface area contributed by atoms with E-state index >= 15 is 0 Å². The number of rotatable bonds is 2. The highest BCUT2D eigenvalue weighted by atomic mass is 16.5. The van der Waals surface area contributed by atoms with Crippen LogP contribution in [0.15, 0.2) is 16.8 Å². The zero-order valence-electron chi connectivity index (χ0n) is 10.4. The molecule has 1 fully saturated rings. The largest absolute Gasteiger partial charge is 0.381 e. The van der Waals surface area contributed by atoms with Crippen LogP contribution in [0.4, 0.5) is 0 Å². The first-order valence-corrected chi connectivity index (χ1v) is 6.07. The fourth-order valence-corrected chi connectivity index (χ4v) is 2.80. The minimum atomic E-state index is 0.210. The third-order valence-corrected chi connectivity index (χ3v) is 3.43. The summed E-state index contributed by atoms with van der Waals surface area (Å²) in [6.07, 6.45) is 4.00. The summed E-state index contributed by atoms with van der Waals surface area (Å²) < 4.78 is 10.8. The van der Waals surface area contributed by atoms with E-state index in [1.807, 2.05) is 6.07 Å². The minimum Gasteiger partial charge on any atom is -0.381 e. The summed E-state index contributed by atoms with van der Waals surface area (Å²) in [6.45, 7) is 8.58. The van der Waals surface area contributed by atoms with Gasteiger partial charge in [0, 0.05) is 25.2 Å². The highest BCUT2D eigenvalue weighted by Crippen LogP contribution is 2.44. The Morgan fingerprint density at radius 2 is 2.00 bits per heavy atom. The van der Waals surface area contributed by atoms with E-state index in [0.717, 1.165) is 31.8 Å². The normalized spacial score (nSPS) is 20.9. The zero-order valence-corrected chi connectivity index (χ0v) is 10.4. The van der Waals surface area contributed by atoms with E-state index in [2.05, 4.69) is 25.9 Å². The molecule has 1 saturated heterocycles. The predicted molar refractivity (Wildman–Crippen MR) is 62.2 cm³/mol. The standard InChI is InChI=1S/C13H21NO2/c1-13(2,3)12(11-4-7-14-16-11)10-5-8-15-9-6-10/h4,7,10,12H,5-6,8-9H2,1-3H3. The molecule has 90 valence electrons. The summed E-state index contributed by atoms with van der Waals surface area (Å²) in [5.41, 5.74) is 0.210. The summed E-state index contributed by atoms with van der Waals surface area (Å²) in [5, 5.41) is 3.85. The van der Waals surface area contributed by atoms with Crippen LogP contribution in [0.2, 0.25) is 0 Å². The smallest absolute Gasteiger partial charge is 0.140 e. The van der Waals surface area contributed by atoms with Crippen LogP contribution in [0.25, 0.3) is 0 Å². The first-order chi connectivity index (χ1) is 7.59. The molecule has 2 heterocycles. The molecule has 1 unspecified atom stereocenters. The first kappa shape index (κ1) is 11.6. The van der Waals surface area contributed by atoms with Gasteiger partial charge in [0.25, 0.3) is 0 Å². The van der Waals surface area contributed by atoms with Crippen LogP contribution in [0, 0.1) is 11.3 Å². The van der Waals surface area contributed by atoms with Crippen molar-refractivity contribution in [3.8, 4) is 0 Å². The van der Waals surface area contributed by atoms with Gasteiger partial charge in [0.2, 0.25) is 0 Å². The number of nitrogens with zero attached hydrogens (tertiary/aromatic N) is 1. The molecule has 2 rings (SSSR count). The van der Waals surface area contributed by atoms with Crippen LogP contribution >= 0.6 is 0 Å². The lowest BCUT2D eigenvalue weighted by Crippen LogP contribution is -2.30. The maximum absolute atomic E-state index is 5.43. The van der Waals surface area contributed by atoms with Gasteiger partial charge in [-0.1, -0.05) is 25.9 Å². The van der Waals surface area contributed by atoms with Crippen molar-refractivity contribution in [3.63, 3.8) is 0 Å². The van der Waals surface area contributed by atoms with Gasteiger partial charge in [-0.25, -0.2) is 0 Å². The first-order valence-electron chi connectivity index (χ1n) is 6.07. The van der Waals surface area contributed by atoms with Crippen molar-refractivity contribution >= 4 is 0 Å². The molecule has 3 nitrogen and oxygen atoms in total. The second kappa shape index (κ2) is 4.58. The van der Waals surface area contributed by atoms with Crippen molar-refractivity contribution in [1.29, 1.82) is 0 Å². The Balaban J connectivity index is 2.21. The molecule has 0 bridgehead atoms. The predicted octanol–water partition coefficient (Wildman–Crippen LogP) is 3.23. The zero-order chi connectivity index (χ0) is 11.6. The van der Waals surface area contributed by atoms with Crippen molar-refractivity contribution in [2.24, 2.45) is 11.3 Å². The van der Waals surface area contributed by atoms with E-state index in [0.29, 0.717) is 11.8 Å². The van der Waals surface area contributed by atoms with Gasteiger partial charge in [-0.3, -0.25) is 0 Å². The summed E-state index contributed by atoms with van der Waals surface area (Å²) in [4.78, 5) is 0. The average molecular weight is 223 g/mol. The van der Waals surface area contributed by atoms with Gasteiger partial charge in [0.15, 0.2) is 0 Å². The van der Waals surface area contributed by atoms with Gasteiger partial charge >= 0.3 is 0 Å². The second-order valence-corrected chi connectivity index (χ2v) is 5.71. The Morgan fingerprint density at radius 1 is 1.31 bits per heavy atom. The average Bonchev–Trinajstić information content (AvgIpc) is 2.71. The number of ether oxygens (including phenoxy) is 1. The highest BCUT2D eigenvalue weighted by Gasteiger charge is 2.36. The molecule has 0 aliphatic carbocycles. The van der Waals surface area contributed by atoms with E-state index in [9.17, 15) is 0 Å². The molecule has 1 aliphatic rings. The lowest BCUT2D eigenvalue weighted by molar-refractivity contribution is 0.0362. The van der Waals surface area contributed by atoms with E-state index in [4.69, 9.17) is 9.26 Å². The summed E-state index contributed by atoms with van der Waals surface area (Å²) in [6, 6.07) is 2.01. The van der Waals surface area contributed by atoms with E-state index in [1.54, 1.807) is 6.20 Å². The minimum absolute atomic E-state index is 0.210. The molecule has 1 atom stereocenters. The lowest BCUT2D eigenvalue weighted by Gasteiger charge is -2.37. The van der Waals surface area contributed by atoms with Crippen LogP contribution in [0.1, 0.15) is 45.3 Å². The molecule has 0 radical (unpaired) electrons. The maximum Gasteiger partial charge on any atom is 0.140 e. The molecule has 0 amide bonds. The third-order valence-electron chi connectivity index (χ3n) is 3.43. The van der Waals surface area contributed by atoms with Gasteiger partial charge in [0.1, 0.15) is 5.76 Å². The fourth-order valence-electron chi connectivity index (χ4n) is 2.80. The van der Waals surface area contributed by atoms with Gasteiger partial charge < -0.3 is 9.26 Å². The molecule has 0 spiro atoms. The van der Waals surface area contributed by atoms with Gasteiger partial charge in [-0.05, 0) is 24.2 Å². The maximum atomic E-state index is 5.43. The molecule has 0 N–H and O–H groups in total. The Kier molecular flexibility index (Phi) is 3.33. The van der Waals surface area contributed by atoms with Crippen molar-refractivity contribution in [3.05, 3.63) is 18.0 Å². The van der Waals surface area contributed by atoms with Gasteiger partial charge in [-0.15, -0.1) is 0 Å². The second-order valence-electron chi connectivity index (χ2n) is 5.71. The van der Waals surface area contributed by atoms with E-state index in [-0.39, 0.29) is 5.41 Å². The summed E-state index contributed by atoms with van der Waals surface area (Å²) >= 11 is 0. The topological polar surface area (TPSA) is 35.3 Å². The third kappa shape index (κ3) is 2.46. The number of aromatic nitrogens is 1. The van der Waals surface area contributed by atoms with Crippen molar-refractivity contribution < 1.29 is 9.26 Å². The molecule has 1 aliphatic heterocycles. The molecule has 3 heteroatoms. The van der Waals surface area contributed by atoms with E-state index < -0.39 is 0 Å². The number of hydrogen-bond donors (Lipinski definition) is 0. The van der Waals surface area contributed by atoms with Gasteiger partial charge in [0.05, 0.1) is 6.20 Å². The summed E-state index contributed by atoms with van der Waals surface area (Å²) in [5.74, 6) is 2.12. The highest BCUT2D eigenvalue weighted by molar-refractivity contribution is 5.08. The van der Waals surface area contributed by atoms with Crippen LogP contribution in [0.5, 0.6) is 0 Å². The van der Waals surface area contributed by atoms with Crippen LogP contribution < -0.4 is 0 Å². The molecule has 16 heavy (non-hydrogen) atoms. The number of hydrogen-bond acceptors (Lipinski definition) is 3. The Morgan fingerprint density at radius 3 is 2.50 bits per heavy atom. The molecule has 1 aromatic rings. The van der Waals surface area contributed by atoms with Gasteiger partial charge in [-0.2, -0.15) is 0 Å². The monoisotopic (exact) mass is 223 g/mol. The summed E-state index contributed by atoms with van der Waals surface area (Å²) in [7, 11) is 0. The molecular weight excluding hydrogens is 202 g/mol. The quantitative estimate of drug-likeness (QED) is 0.772. The molecular formula is C13H21NO2. The Bertz CT molecular complexity index is 307. The fraction of sp³-hybridized carbons (Fsp3) is 0.769. The SMILES string of the molecule is CC(C)(C)C(c1ccno1)C1CCOCC1. The van der Waals surface area contributed by atoms with Crippen molar-refractivity contribution in [2.45, 2.75) is 39.5 Å². The molecule has 0 saturated carbocycles. The van der Waals surface area contributed by atoms with Crippen molar-refractivity contribution in [1.82, 2.24) is 5.16 Å². The van der Waals surface area contributed by atoms with Crippen LogP contribution in [0.3, 0.4) is 0 Å². The Hall–Kier alpha value is -0.830. The molecule has 1 aromatic heterocycles. The Labute approximate surface area is 97.2 Å². The lowest BCUT2D eigenvalue weighted by atomic mass is 9.69. The van der Waals surface area contributed by atoms with Crippen molar-refractivity contribution in [2.75, 3.05) is 13.2 Å². The van der Waals surface area contributed by atoms with E-state index in [1.165, 1.54) is 0 Å². The molecule has 0 aromatic carbocycles. The van der Waals surface area contributed by atoms with Crippen LogP contribution in [-0.2, 0) is 4.74 Å².